The number of hydrogen-bond acceptors (Lipinski definition) is 6. The van der Waals surface area contributed by atoms with E-state index in [1.54, 1.807) is 19.1 Å². The van der Waals surface area contributed by atoms with Crippen LogP contribution in [0.25, 0.3) is 0 Å². The molecule has 3 aromatic rings. The van der Waals surface area contributed by atoms with Crippen molar-refractivity contribution < 1.29 is 33.4 Å². The maximum atomic E-state index is 14.6. The first-order chi connectivity index (χ1) is 22.0. The van der Waals surface area contributed by atoms with Gasteiger partial charge in [-0.2, -0.15) is 0 Å². The standard InChI is InChI=1S/C35H29BrClFN2O6/c1-35-24(32(43)40(34(35)45)19-8-11-26(38)25(37)14-19)15-22-20(29(35)23-12-18(36)13-27(46-2)30(23)41)9-10-21-28(22)33(44)39(31(21)42)16-17-6-4-3-5-7-17/h3-9,11-14,21-22,24,28-29,41H,10,15-16H2,1-2H3/t21-,22+,24-,28-,29+,35+/m0/s1. The largest absolute Gasteiger partial charge is 0.504 e. The number of allylic oxidation sites excluding steroid dienone is 2. The molecule has 0 spiro atoms. The Balaban J connectivity index is 1.38. The first-order valence-corrected chi connectivity index (χ1v) is 16.1. The third-order valence-electron chi connectivity index (χ3n) is 10.3. The zero-order chi connectivity index (χ0) is 32.7. The number of anilines is 1. The van der Waals surface area contributed by atoms with Crippen molar-refractivity contribution >= 4 is 56.8 Å². The second-order valence-corrected chi connectivity index (χ2v) is 13.9. The lowest BCUT2D eigenvalue weighted by Crippen LogP contribution is -2.48. The molecule has 1 saturated carbocycles. The van der Waals surface area contributed by atoms with E-state index in [9.17, 15) is 28.7 Å². The molecule has 2 aliphatic heterocycles. The Morgan fingerprint density at radius 3 is 2.46 bits per heavy atom. The van der Waals surface area contributed by atoms with E-state index in [1.165, 1.54) is 24.1 Å². The minimum Gasteiger partial charge on any atom is -0.504 e. The molecule has 2 aliphatic carbocycles. The summed E-state index contributed by atoms with van der Waals surface area (Å²) in [7, 11) is 1.42. The molecule has 0 unspecified atom stereocenters. The normalized spacial score (nSPS) is 28.6. The lowest BCUT2D eigenvalue weighted by atomic mass is 9.51. The predicted molar refractivity (Wildman–Crippen MR) is 170 cm³/mol. The monoisotopic (exact) mass is 706 g/mol. The molecule has 2 saturated heterocycles. The number of carbonyl (C=O) groups is 4. The van der Waals surface area contributed by atoms with Crippen LogP contribution in [0.1, 0.15) is 36.8 Å². The Kier molecular flexibility index (Phi) is 7.36. The number of halogens is 3. The zero-order valence-electron chi connectivity index (χ0n) is 24.9. The number of fused-ring (bicyclic) bond motifs is 4. The van der Waals surface area contributed by atoms with E-state index in [-0.39, 0.29) is 53.4 Å². The summed E-state index contributed by atoms with van der Waals surface area (Å²) in [4.78, 5) is 59.1. The third kappa shape index (κ3) is 4.36. The molecule has 0 aromatic heterocycles. The minimum absolute atomic E-state index is 0.128. The van der Waals surface area contributed by atoms with E-state index in [0.717, 1.165) is 22.1 Å². The van der Waals surface area contributed by atoms with E-state index in [1.807, 2.05) is 36.4 Å². The Hall–Kier alpha value is -4.02. The fraction of sp³-hybridized carbons (Fsp3) is 0.314. The van der Waals surface area contributed by atoms with Crippen molar-refractivity contribution in [3.63, 3.8) is 0 Å². The third-order valence-corrected chi connectivity index (χ3v) is 11.1. The lowest BCUT2D eigenvalue weighted by molar-refractivity contribution is -0.141. The highest BCUT2D eigenvalue weighted by Gasteiger charge is 2.68. The van der Waals surface area contributed by atoms with Gasteiger partial charge in [0.2, 0.25) is 23.6 Å². The minimum atomic E-state index is -1.41. The quantitative estimate of drug-likeness (QED) is 0.244. The van der Waals surface area contributed by atoms with Crippen LogP contribution in [0.15, 0.2) is 76.8 Å². The molecule has 2 heterocycles. The number of aromatic hydroxyl groups is 1. The smallest absolute Gasteiger partial charge is 0.241 e. The molecule has 8 nitrogen and oxygen atoms in total. The number of imide groups is 2. The predicted octanol–water partition coefficient (Wildman–Crippen LogP) is 6.39. The van der Waals surface area contributed by atoms with Crippen LogP contribution in [0.2, 0.25) is 5.02 Å². The van der Waals surface area contributed by atoms with Gasteiger partial charge in [0.05, 0.1) is 47.5 Å². The molecule has 7 rings (SSSR count). The Morgan fingerprint density at radius 2 is 1.76 bits per heavy atom. The highest BCUT2D eigenvalue weighted by molar-refractivity contribution is 9.10. The van der Waals surface area contributed by atoms with Crippen molar-refractivity contribution in [1.82, 2.24) is 4.90 Å². The molecule has 1 N–H and O–H groups in total. The molecule has 6 atom stereocenters. The van der Waals surface area contributed by atoms with Crippen molar-refractivity contribution in [3.05, 3.63) is 98.8 Å². The van der Waals surface area contributed by atoms with Crippen LogP contribution in [0.3, 0.4) is 0 Å². The van der Waals surface area contributed by atoms with Crippen LogP contribution in [0.4, 0.5) is 10.1 Å². The summed E-state index contributed by atoms with van der Waals surface area (Å²) in [6, 6.07) is 16.2. The van der Waals surface area contributed by atoms with Crippen LogP contribution in [-0.2, 0) is 25.7 Å². The molecule has 236 valence electrons. The van der Waals surface area contributed by atoms with Gasteiger partial charge in [-0.15, -0.1) is 0 Å². The van der Waals surface area contributed by atoms with Gasteiger partial charge in [-0.05, 0) is 61.6 Å². The van der Waals surface area contributed by atoms with Crippen molar-refractivity contribution in [2.75, 3.05) is 12.0 Å². The molecule has 3 fully saturated rings. The topological polar surface area (TPSA) is 104 Å². The first-order valence-electron chi connectivity index (χ1n) is 15.0. The van der Waals surface area contributed by atoms with Crippen molar-refractivity contribution in [2.24, 2.45) is 29.1 Å². The molecular formula is C35H29BrClFN2O6. The number of phenolic OH excluding ortho intramolecular Hbond substituents is 1. The summed E-state index contributed by atoms with van der Waals surface area (Å²) in [5, 5.41) is 11.3. The number of phenols is 1. The number of hydrogen-bond donors (Lipinski definition) is 1. The van der Waals surface area contributed by atoms with Crippen molar-refractivity contribution in [3.8, 4) is 11.5 Å². The van der Waals surface area contributed by atoms with Crippen LogP contribution in [-0.4, -0.2) is 40.7 Å². The fourth-order valence-electron chi connectivity index (χ4n) is 8.19. The Labute approximate surface area is 277 Å². The van der Waals surface area contributed by atoms with Gasteiger partial charge in [-0.25, -0.2) is 9.29 Å². The molecule has 0 radical (unpaired) electrons. The number of rotatable bonds is 5. The molecule has 3 aromatic carbocycles. The van der Waals surface area contributed by atoms with Crippen molar-refractivity contribution in [2.45, 2.75) is 32.2 Å². The highest BCUT2D eigenvalue weighted by atomic mass is 79.9. The summed E-state index contributed by atoms with van der Waals surface area (Å²) in [5.74, 6) is -6.03. The maximum absolute atomic E-state index is 14.6. The van der Waals surface area contributed by atoms with Gasteiger partial charge < -0.3 is 9.84 Å². The van der Waals surface area contributed by atoms with Gasteiger partial charge in [0.15, 0.2) is 11.5 Å². The summed E-state index contributed by atoms with van der Waals surface area (Å²) < 4.78 is 20.1. The average Bonchev–Trinajstić information content (AvgIpc) is 3.39. The number of carbonyl (C=O) groups excluding carboxylic acids is 4. The van der Waals surface area contributed by atoms with Gasteiger partial charge in [0.1, 0.15) is 5.82 Å². The number of methoxy groups -OCH3 is 1. The second-order valence-electron chi connectivity index (χ2n) is 12.6. The van der Waals surface area contributed by atoms with Gasteiger partial charge in [0.25, 0.3) is 0 Å². The van der Waals surface area contributed by atoms with Crippen LogP contribution >= 0.6 is 27.5 Å². The number of nitrogens with zero attached hydrogens (tertiary/aromatic N) is 2. The Morgan fingerprint density at radius 1 is 1.02 bits per heavy atom. The van der Waals surface area contributed by atoms with Crippen molar-refractivity contribution in [1.29, 1.82) is 0 Å². The fourth-order valence-corrected chi connectivity index (χ4v) is 8.82. The van der Waals surface area contributed by atoms with Crippen LogP contribution < -0.4 is 9.64 Å². The van der Waals surface area contributed by atoms with Crippen LogP contribution in [0.5, 0.6) is 11.5 Å². The zero-order valence-corrected chi connectivity index (χ0v) is 27.2. The number of likely N-dealkylation sites (tertiary alicyclic amines) is 1. The molecular weight excluding hydrogens is 679 g/mol. The van der Waals surface area contributed by atoms with E-state index in [0.29, 0.717) is 10.0 Å². The summed E-state index contributed by atoms with van der Waals surface area (Å²) in [6.45, 7) is 1.84. The van der Waals surface area contributed by atoms with Crippen LogP contribution in [0, 0.1) is 34.9 Å². The number of ether oxygens (including phenoxy) is 1. The summed E-state index contributed by atoms with van der Waals surface area (Å²) in [6.07, 6.45) is 2.33. The number of amides is 4. The molecule has 4 aliphatic rings. The first kappa shape index (κ1) is 30.6. The molecule has 0 bridgehead atoms. The maximum Gasteiger partial charge on any atom is 0.241 e. The van der Waals surface area contributed by atoms with Gasteiger partial charge in [-0.3, -0.25) is 24.1 Å². The van der Waals surface area contributed by atoms with Gasteiger partial charge in [0, 0.05) is 16.0 Å². The SMILES string of the molecule is COc1cc(Br)cc([C@H]2C3=CC[C@@H]4C(=O)N(Cc5ccccc5)C(=O)[C@@H]4[C@@H]3C[C@H]3C(=O)N(c4ccc(F)c(Cl)c4)C(=O)[C@@]23C)c1O. The summed E-state index contributed by atoms with van der Waals surface area (Å²) in [5.41, 5.74) is 0.611. The average molecular weight is 708 g/mol. The second kappa shape index (κ2) is 11.1. The lowest BCUT2D eigenvalue weighted by Gasteiger charge is -2.49. The summed E-state index contributed by atoms with van der Waals surface area (Å²) >= 11 is 9.57. The van der Waals surface area contributed by atoms with Gasteiger partial charge >= 0.3 is 0 Å². The molecule has 4 amide bonds. The Bertz CT molecular complexity index is 1870. The number of benzene rings is 3. The molecule has 46 heavy (non-hydrogen) atoms. The van der Waals surface area contributed by atoms with E-state index in [4.69, 9.17) is 16.3 Å². The van der Waals surface area contributed by atoms with E-state index < -0.39 is 52.6 Å². The van der Waals surface area contributed by atoms with E-state index in [2.05, 4.69) is 15.9 Å². The van der Waals surface area contributed by atoms with Gasteiger partial charge in [-0.1, -0.05) is 69.5 Å². The molecule has 11 heteroatoms. The van der Waals surface area contributed by atoms with E-state index >= 15 is 0 Å². The highest BCUT2D eigenvalue weighted by Crippen LogP contribution is 2.65.